The average molecular weight is 329 g/mol. The maximum absolute atomic E-state index is 12.0. The molecule has 1 unspecified atom stereocenters. The van der Waals surface area contributed by atoms with Crippen LogP contribution in [0.15, 0.2) is 30.4 Å². The maximum atomic E-state index is 12.0. The van der Waals surface area contributed by atoms with Crippen molar-refractivity contribution in [2.75, 3.05) is 6.61 Å². The highest BCUT2D eigenvalue weighted by Crippen LogP contribution is 2.26. The molecule has 0 saturated carbocycles. The fourth-order valence-corrected chi connectivity index (χ4v) is 2.93. The number of hydrogen-bond acceptors (Lipinski definition) is 2. The Balaban J connectivity index is 1.89. The van der Waals surface area contributed by atoms with E-state index >= 15 is 0 Å². The van der Waals surface area contributed by atoms with E-state index in [0.717, 1.165) is 12.0 Å². The zero-order chi connectivity index (χ0) is 15.4. The molecule has 1 aliphatic carbocycles. The van der Waals surface area contributed by atoms with Crippen molar-refractivity contribution in [2.24, 2.45) is 5.92 Å². The SMILES string of the molecule is CC(NC(=O)N[C@@H]1C=C[C@H](CO)C1)c1ccc(Cl)cc1Cl. The number of carbonyl (C=O) groups excluding carboxylic acids is 1. The Bertz CT molecular complexity index is 548. The van der Waals surface area contributed by atoms with Crippen LogP contribution in [-0.4, -0.2) is 23.8 Å². The zero-order valence-electron chi connectivity index (χ0n) is 11.6. The van der Waals surface area contributed by atoms with Crippen molar-refractivity contribution in [1.82, 2.24) is 10.6 Å². The topological polar surface area (TPSA) is 61.4 Å². The summed E-state index contributed by atoms with van der Waals surface area (Å²) >= 11 is 12.0. The second-order valence-corrected chi connectivity index (χ2v) is 6.02. The molecule has 114 valence electrons. The monoisotopic (exact) mass is 328 g/mol. The largest absolute Gasteiger partial charge is 0.396 e. The molecule has 4 nitrogen and oxygen atoms in total. The van der Waals surface area contributed by atoms with E-state index in [-0.39, 0.29) is 30.6 Å². The molecule has 0 radical (unpaired) electrons. The van der Waals surface area contributed by atoms with Crippen LogP contribution in [0.25, 0.3) is 0 Å². The summed E-state index contributed by atoms with van der Waals surface area (Å²) in [5, 5.41) is 15.8. The van der Waals surface area contributed by atoms with Crippen molar-refractivity contribution in [1.29, 1.82) is 0 Å². The maximum Gasteiger partial charge on any atom is 0.315 e. The molecular weight excluding hydrogens is 311 g/mol. The highest BCUT2D eigenvalue weighted by Gasteiger charge is 2.20. The van der Waals surface area contributed by atoms with E-state index in [9.17, 15) is 4.79 Å². The van der Waals surface area contributed by atoms with Gasteiger partial charge in [-0.2, -0.15) is 0 Å². The van der Waals surface area contributed by atoms with E-state index in [4.69, 9.17) is 28.3 Å². The van der Waals surface area contributed by atoms with Gasteiger partial charge in [0.2, 0.25) is 0 Å². The second kappa shape index (κ2) is 7.16. The quantitative estimate of drug-likeness (QED) is 0.742. The lowest BCUT2D eigenvalue weighted by Crippen LogP contribution is -2.42. The van der Waals surface area contributed by atoms with Gasteiger partial charge in [-0.1, -0.05) is 41.4 Å². The van der Waals surface area contributed by atoms with Crippen LogP contribution in [0.3, 0.4) is 0 Å². The third kappa shape index (κ3) is 4.37. The van der Waals surface area contributed by atoms with E-state index in [0.29, 0.717) is 10.0 Å². The summed E-state index contributed by atoms with van der Waals surface area (Å²) < 4.78 is 0. The molecule has 0 bridgehead atoms. The molecular formula is C15H18Cl2N2O2. The van der Waals surface area contributed by atoms with Gasteiger partial charge in [-0.15, -0.1) is 0 Å². The van der Waals surface area contributed by atoms with E-state index in [1.54, 1.807) is 18.2 Å². The second-order valence-electron chi connectivity index (χ2n) is 5.18. The van der Waals surface area contributed by atoms with Crippen molar-refractivity contribution in [2.45, 2.75) is 25.4 Å². The Morgan fingerprint density at radius 3 is 2.81 bits per heavy atom. The van der Waals surface area contributed by atoms with E-state index in [1.165, 1.54) is 0 Å². The van der Waals surface area contributed by atoms with E-state index in [2.05, 4.69) is 10.6 Å². The molecule has 0 aromatic heterocycles. The van der Waals surface area contributed by atoms with Crippen molar-refractivity contribution >= 4 is 29.2 Å². The molecule has 0 spiro atoms. The summed E-state index contributed by atoms with van der Waals surface area (Å²) in [6.45, 7) is 1.96. The number of carbonyl (C=O) groups is 1. The molecule has 0 saturated heterocycles. The number of benzene rings is 1. The minimum Gasteiger partial charge on any atom is -0.396 e. The van der Waals surface area contributed by atoms with Gasteiger partial charge < -0.3 is 15.7 Å². The minimum absolute atomic E-state index is 0.0463. The first-order chi connectivity index (χ1) is 9.99. The lowest BCUT2D eigenvalue weighted by Gasteiger charge is -2.19. The number of hydrogen-bond donors (Lipinski definition) is 3. The predicted octanol–water partition coefficient (Wildman–Crippen LogP) is 3.29. The smallest absolute Gasteiger partial charge is 0.315 e. The van der Waals surface area contributed by atoms with Crippen LogP contribution in [0.1, 0.15) is 24.9 Å². The van der Waals surface area contributed by atoms with Gasteiger partial charge in [-0.05, 0) is 31.0 Å². The van der Waals surface area contributed by atoms with Gasteiger partial charge in [-0.25, -0.2) is 4.79 Å². The third-order valence-corrected chi connectivity index (χ3v) is 4.06. The van der Waals surface area contributed by atoms with Gasteiger partial charge in [0, 0.05) is 28.6 Å². The standard InChI is InChI=1S/C15H18Cl2N2O2/c1-9(13-5-3-11(16)7-14(13)17)18-15(21)19-12-4-2-10(6-12)8-20/h2-5,7,9-10,12,20H,6,8H2,1H3,(H2,18,19,21)/t9?,10-,12+/m0/s1. The van der Waals surface area contributed by atoms with Gasteiger partial charge in [0.05, 0.1) is 6.04 Å². The molecule has 1 aliphatic rings. The molecule has 1 aromatic carbocycles. The Hall–Kier alpha value is -1.23. The zero-order valence-corrected chi connectivity index (χ0v) is 13.2. The van der Waals surface area contributed by atoms with Crippen molar-refractivity contribution in [3.05, 3.63) is 46.0 Å². The highest BCUT2D eigenvalue weighted by molar-refractivity contribution is 6.35. The van der Waals surface area contributed by atoms with Crippen LogP contribution in [0.4, 0.5) is 4.79 Å². The fourth-order valence-electron chi connectivity index (χ4n) is 2.35. The molecule has 21 heavy (non-hydrogen) atoms. The number of aliphatic hydroxyl groups is 1. The summed E-state index contributed by atoms with van der Waals surface area (Å²) in [5.74, 6) is 0.124. The van der Waals surface area contributed by atoms with Crippen LogP contribution < -0.4 is 10.6 Å². The van der Waals surface area contributed by atoms with Crippen molar-refractivity contribution < 1.29 is 9.90 Å². The molecule has 0 aliphatic heterocycles. The highest BCUT2D eigenvalue weighted by atomic mass is 35.5. The predicted molar refractivity (Wildman–Crippen MR) is 84.7 cm³/mol. The molecule has 6 heteroatoms. The van der Waals surface area contributed by atoms with Crippen molar-refractivity contribution in [3.8, 4) is 0 Å². The minimum atomic E-state index is -0.262. The third-order valence-electron chi connectivity index (χ3n) is 3.50. The van der Waals surface area contributed by atoms with Crippen molar-refractivity contribution in [3.63, 3.8) is 0 Å². The first-order valence-corrected chi connectivity index (χ1v) is 7.56. The lowest BCUT2D eigenvalue weighted by atomic mass is 10.1. The first kappa shape index (κ1) is 16.1. The summed E-state index contributed by atoms with van der Waals surface area (Å²) in [5.41, 5.74) is 0.811. The van der Waals surface area contributed by atoms with Crippen LogP contribution in [-0.2, 0) is 0 Å². The van der Waals surface area contributed by atoms with Gasteiger partial charge in [0.15, 0.2) is 0 Å². The summed E-state index contributed by atoms with van der Waals surface area (Å²) in [6, 6.07) is 4.66. The Kier molecular flexibility index (Phi) is 5.51. The van der Waals surface area contributed by atoms with Gasteiger partial charge in [-0.3, -0.25) is 0 Å². The number of amides is 2. The molecule has 2 rings (SSSR count). The van der Waals surface area contributed by atoms with Crippen LogP contribution in [0, 0.1) is 5.92 Å². The summed E-state index contributed by atoms with van der Waals surface area (Å²) in [4.78, 5) is 12.0. The Labute approximate surface area is 134 Å². The average Bonchev–Trinajstić information content (AvgIpc) is 2.85. The fraction of sp³-hybridized carbons (Fsp3) is 0.400. The first-order valence-electron chi connectivity index (χ1n) is 6.80. The van der Waals surface area contributed by atoms with E-state index < -0.39 is 0 Å². The van der Waals surface area contributed by atoms with Gasteiger partial charge >= 0.3 is 6.03 Å². The number of aliphatic hydroxyl groups excluding tert-OH is 1. The molecule has 2 amide bonds. The summed E-state index contributed by atoms with van der Waals surface area (Å²) in [7, 11) is 0. The van der Waals surface area contributed by atoms with Gasteiger partial charge in [0.1, 0.15) is 0 Å². The number of urea groups is 1. The Morgan fingerprint density at radius 1 is 1.43 bits per heavy atom. The molecule has 3 atom stereocenters. The molecule has 0 fully saturated rings. The normalized spacial score (nSPS) is 22.1. The number of rotatable bonds is 4. The lowest BCUT2D eigenvalue weighted by molar-refractivity contribution is 0.229. The molecule has 0 heterocycles. The van der Waals surface area contributed by atoms with Crippen LogP contribution >= 0.6 is 23.2 Å². The van der Waals surface area contributed by atoms with Crippen LogP contribution in [0.5, 0.6) is 0 Å². The summed E-state index contributed by atoms with van der Waals surface area (Å²) in [6.07, 6.45) is 4.55. The van der Waals surface area contributed by atoms with Gasteiger partial charge in [0.25, 0.3) is 0 Å². The molecule has 1 aromatic rings. The van der Waals surface area contributed by atoms with Crippen LogP contribution in [0.2, 0.25) is 10.0 Å². The molecule has 3 N–H and O–H groups in total. The van der Waals surface area contributed by atoms with E-state index in [1.807, 2.05) is 19.1 Å². The number of halogens is 2. The number of nitrogens with one attached hydrogen (secondary N) is 2. The Morgan fingerprint density at radius 2 is 2.19 bits per heavy atom.